The number of fused-ring (bicyclic) bond motifs is 6. The van der Waals surface area contributed by atoms with E-state index < -0.39 is 0 Å². The molecule has 10 saturated carbocycles. The highest BCUT2D eigenvalue weighted by Gasteiger charge is 2.62. The average molecular weight is 683 g/mol. The van der Waals surface area contributed by atoms with E-state index in [1.165, 1.54) is 0 Å². The summed E-state index contributed by atoms with van der Waals surface area (Å²) in [5, 5.41) is 0. The van der Waals surface area contributed by atoms with Crippen molar-refractivity contribution in [3.05, 3.63) is 0 Å². The van der Waals surface area contributed by atoms with Gasteiger partial charge in [0, 0.05) is 0 Å². The van der Waals surface area contributed by atoms with Crippen molar-refractivity contribution in [1.82, 2.24) is 0 Å². The molecule has 0 aromatic rings. The zero-order valence-corrected chi connectivity index (χ0v) is 33.3. The van der Waals surface area contributed by atoms with Crippen LogP contribution in [0.25, 0.3) is 0 Å². The highest BCUT2D eigenvalue weighted by Crippen LogP contribution is 2.69. The molecule has 0 aromatic carbocycles. The Balaban J connectivity index is 0.991. The van der Waals surface area contributed by atoms with Crippen LogP contribution in [0.1, 0.15) is 194 Å². The third-order valence-electron chi connectivity index (χ3n) is 20.9. The summed E-state index contributed by atoms with van der Waals surface area (Å²) in [6, 6.07) is 0. The topological polar surface area (TPSA) is 0 Å². The Morgan fingerprint density at radius 1 is 0.220 bits per heavy atom. The third-order valence-corrected chi connectivity index (χ3v) is 20.9. The van der Waals surface area contributed by atoms with Crippen molar-refractivity contribution >= 4 is 0 Å². The molecule has 0 spiro atoms. The molecule has 0 N–H and O–H groups in total. The standard InChI is InChI=1S/C50H82/c1-31-27-35(29-33-15-3-5-17-37(31)33)47-39-19-7-11-23-43(39)49(44-24-12-8-20-40(44)47)50-45-25-13-9-21-41(45)48(42-22-10-14-26-46(42)50)36-28-32(2)38-18-6-4-16-34(38)30-36/h31-50H,3-30H2,1-2H3. The predicted octanol–water partition coefficient (Wildman–Crippen LogP) is 14.4. The number of rotatable bonds is 3. The lowest BCUT2D eigenvalue weighted by Gasteiger charge is -2.66. The minimum atomic E-state index is 1.02. The van der Waals surface area contributed by atoms with E-state index in [4.69, 9.17) is 0 Å². The lowest BCUT2D eigenvalue weighted by Crippen LogP contribution is -2.60. The van der Waals surface area contributed by atoms with Crippen LogP contribution in [0.3, 0.4) is 0 Å². The van der Waals surface area contributed by atoms with Crippen molar-refractivity contribution in [3.63, 3.8) is 0 Å². The molecule has 16 unspecified atom stereocenters. The van der Waals surface area contributed by atoms with Gasteiger partial charge < -0.3 is 0 Å². The largest absolute Gasteiger partial charge is 0.0622 e. The summed E-state index contributed by atoms with van der Waals surface area (Å²) in [4.78, 5) is 0. The van der Waals surface area contributed by atoms with Crippen LogP contribution in [0, 0.1) is 118 Å². The zero-order chi connectivity index (χ0) is 33.3. The Hall–Kier alpha value is 0. The van der Waals surface area contributed by atoms with Gasteiger partial charge in [0.05, 0.1) is 0 Å². The molecule has 0 nitrogen and oxygen atoms in total. The molecular formula is C50H82. The van der Waals surface area contributed by atoms with Gasteiger partial charge in [-0.3, -0.25) is 0 Å². The minimum Gasteiger partial charge on any atom is -0.0622 e. The first-order chi connectivity index (χ1) is 24.7. The lowest BCUT2D eigenvalue weighted by atomic mass is 9.39. The molecule has 0 amide bonds. The van der Waals surface area contributed by atoms with Crippen molar-refractivity contribution in [2.24, 2.45) is 118 Å². The first kappa shape index (κ1) is 34.5. The Kier molecular flexibility index (Phi) is 10.1. The SMILES string of the molecule is CC1CC(C2C3CCCCC3C(C3C4CCCCC4C(C4CC(C)C5CCCCC5C4)C4CCCCC43)C3CCCCC32)CC2CCCCC12. The van der Waals surface area contributed by atoms with Crippen LogP contribution in [0.4, 0.5) is 0 Å². The van der Waals surface area contributed by atoms with Gasteiger partial charge in [0.2, 0.25) is 0 Å². The van der Waals surface area contributed by atoms with Gasteiger partial charge in [0.1, 0.15) is 0 Å². The summed E-state index contributed by atoms with van der Waals surface area (Å²) in [7, 11) is 0. The summed E-state index contributed by atoms with van der Waals surface area (Å²) in [6.07, 6.45) is 45.1. The molecule has 16 atom stereocenters. The molecule has 282 valence electrons. The molecule has 0 aliphatic heterocycles. The predicted molar refractivity (Wildman–Crippen MR) is 210 cm³/mol. The molecule has 0 aromatic heterocycles. The van der Waals surface area contributed by atoms with E-state index in [-0.39, 0.29) is 0 Å². The van der Waals surface area contributed by atoms with Crippen molar-refractivity contribution < 1.29 is 0 Å². The van der Waals surface area contributed by atoms with Gasteiger partial charge in [-0.05, 0) is 208 Å². The van der Waals surface area contributed by atoms with Crippen molar-refractivity contribution in [1.29, 1.82) is 0 Å². The first-order valence-electron chi connectivity index (χ1n) is 24.7. The fraction of sp³-hybridized carbons (Fsp3) is 1.00. The van der Waals surface area contributed by atoms with Crippen LogP contribution in [0.15, 0.2) is 0 Å². The fourth-order valence-electron chi connectivity index (χ4n) is 19.8. The molecule has 0 saturated heterocycles. The van der Waals surface area contributed by atoms with Gasteiger partial charge in [-0.15, -0.1) is 0 Å². The Morgan fingerprint density at radius 3 is 0.760 bits per heavy atom. The van der Waals surface area contributed by atoms with Crippen molar-refractivity contribution in [2.45, 2.75) is 194 Å². The van der Waals surface area contributed by atoms with Crippen LogP contribution >= 0.6 is 0 Å². The molecule has 10 rings (SSSR count). The average Bonchev–Trinajstić information content (AvgIpc) is 3.16. The number of hydrogen-bond donors (Lipinski definition) is 0. The molecule has 0 heteroatoms. The van der Waals surface area contributed by atoms with Crippen LogP contribution < -0.4 is 0 Å². The zero-order valence-electron chi connectivity index (χ0n) is 33.3. The molecule has 10 fully saturated rings. The second-order valence-corrected chi connectivity index (χ2v) is 22.6. The molecule has 0 bridgehead atoms. The smallest absolute Gasteiger partial charge is 0.0318 e. The monoisotopic (exact) mass is 683 g/mol. The van der Waals surface area contributed by atoms with Crippen LogP contribution in [-0.2, 0) is 0 Å². The summed E-state index contributed by atoms with van der Waals surface area (Å²) in [6.45, 7) is 5.48. The molecule has 0 heterocycles. The van der Waals surface area contributed by atoms with E-state index in [0.29, 0.717) is 0 Å². The molecule has 10 aliphatic carbocycles. The normalized spacial score (nSPS) is 56.8. The highest BCUT2D eigenvalue weighted by molar-refractivity contribution is 5.10. The van der Waals surface area contributed by atoms with Gasteiger partial charge in [-0.25, -0.2) is 0 Å². The van der Waals surface area contributed by atoms with E-state index >= 15 is 0 Å². The quantitative estimate of drug-likeness (QED) is 0.278. The maximum atomic E-state index is 2.74. The lowest BCUT2D eigenvalue weighted by molar-refractivity contribution is -0.178. The van der Waals surface area contributed by atoms with Gasteiger partial charge in [-0.1, -0.05) is 104 Å². The second-order valence-electron chi connectivity index (χ2n) is 22.6. The molecular weight excluding hydrogens is 601 g/mol. The molecule has 0 radical (unpaired) electrons. The molecule has 10 aliphatic rings. The van der Waals surface area contributed by atoms with Crippen LogP contribution in [-0.4, -0.2) is 0 Å². The summed E-state index contributed by atoms with van der Waals surface area (Å²) in [5.41, 5.74) is 0. The van der Waals surface area contributed by atoms with Crippen molar-refractivity contribution in [3.8, 4) is 0 Å². The van der Waals surface area contributed by atoms with E-state index in [1.54, 1.807) is 180 Å². The minimum absolute atomic E-state index is 1.02. The maximum Gasteiger partial charge on any atom is -0.0318 e. The second kappa shape index (κ2) is 14.6. The van der Waals surface area contributed by atoms with Crippen LogP contribution in [0.2, 0.25) is 0 Å². The Bertz CT molecular complexity index is 1000. The summed E-state index contributed by atoms with van der Waals surface area (Å²) < 4.78 is 0. The van der Waals surface area contributed by atoms with Gasteiger partial charge in [-0.2, -0.15) is 0 Å². The summed E-state index contributed by atoms with van der Waals surface area (Å²) in [5.74, 6) is 22.1. The van der Waals surface area contributed by atoms with E-state index in [9.17, 15) is 0 Å². The van der Waals surface area contributed by atoms with Crippen molar-refractivity contribution in [2.75, 3.05) is 0 Å². The molecule has 50 heavy (non-hydrogen) atoms. The fourth-order valence-corrected chi connectivity index (χ4v) is 19.8. The Labute approximate surface area is 311 Å². The first-order valence-corrected chi connectivity index (χ1v) is 24.7. The number of hydrogen-bond acceptors (Lipinski definition) is 0. The highest BCUT2D eigenvalue weighted by atomic mass is 14.7. The van der Waals surface area contributed by atoms with E-state index in [1.807, 2.05) is 0 Å². The van der Waals surface area contributed by atoms with Gasteiger partial charge >= 0.3 is 0 Å². The summed E-state index contributed by atoms with van der Waals surface area (Å²) >= 11 is 0. The van der Waals surface area contributed by atoms with Gasteiger partial charge in [0.15, 0.2) is 0 Å². The third kappa shape index (κ3) is 5.91. The van der Waals surface area contributed by atoms with E-state index in [0.717, 1.165) is 118 Å². The van der Waals surface area contributed by atoms with Crippen LogP contribution in [0.5, 0.6) is 0 Å². The maximum absolute atomic E-state index is 2.74. The Morgan fingerprint density at radius 2 is 0.460 bits per heavy atom. The van der Waals surface area contributed by atoms with Gasteiger partial charge in [0.25, 0.3) is 0 Å². The van der Waals surface area contributed by atoms with E-state index in [2.05, 4.69) is 13.8 Å².